The number of rotatable bonds is 5. The van der Waals surface area contributed by atoms with Gasteiger partial charge in [-0.15, -0.1) is 0 Å². The van der Waals surface area contributed by atoms with Gasteiger partial charge < -0.3 is 10.4 Å². The Hall–Kier alpha value is -2.25. The van der Waals surface area contributed by atoms with E-state index < -0.39 is 15.1 Å². The minimum absolute atomic E-state index is 0.00586. The maximum atomic E-state index is 12.4. The number of sulfone groups is 1. The lowest BCUT2D eigenvalue weighted by Crippen LogP contribution is -2.36. The van der Waals surface area contributed by atoms with Crippen LogP contribution in [0.15, 0.2) is 48.5 Å². The highest BCUT2D eigenvalue weighted by molar-refractivity contribution is 7.90. The van der Waals surface area contributed by atoms with Crippen LogP contribution >= 0.6 is 11.6 Å². The summed E-state index contributed by atoms with van der Waals surface area (Å²) in [5, 5.41) is 12.2. The van der Waals surface area contributed by atoms with Crippen LogP contribution in [0.25, 0.3) is 0 Å². The van der Waals surface area contributed by atoms with Crippen molar-refractivity contribution in [3.63, 3.8) is 0 Å². The zero-order chi connectivity index (χ0) is 18.9. The van der Waals surface area contributed by atoms with Gasteiger partial charge in [0.15, 0.2) is 9.84 Å². The van der Waals surface area contributed by atoms with Crippen LogP contribution in [0.3, 0.4) is 0 Å². The quantitative estimate of drug-likeness (QED) is 0.815. The first kappa shape index (κ1) is 18.5. The van der Waals surface area contributed by atoms with Crippen molar-refractivity contribution in [3.05, 3.63) is 59.1 Å². The van der Waals surface area contributed by atoms with Gasteiger partial charge in [-0.3, -0.25) is 4.90 Å². The molecule has 2 unspecified atom stereocenters. The highest BCUT2D eigenvalue weighted by Crippen LogP contribution is 2.33. The molecule has 26 heavy (non-hydrogen) atoms. The number of urea groups is 1. The second-order valence-electron chi connectivity index (χ2n) is 6.34. The molecule has 0 bridgehead atoms. The van der Waals surface area contributed by atoms with Gasteiger partial charge in [0.1, 0.15) is 5.75 Å². The number of anilines is 1. The first-order valence-electron chi connectivity index (χ1n) is 8.06. The van der Waals surface area contributed by atoms with Crippen LogP contribution in [0.1, 0.15) is 17.2 Å². The molecule has 2 atom stereocenters. The predicted octanol–water partition coefficient (Wildman–Crippen LogP) is 3.12. The number of benzene rings is 2. The second-order valence-corrected chi connectivity index (χ2v) is 9.00. The molecule has 0 aliphatic carbocycles. The highest BCUT2D eigenvalue weighted by Gasteiger charge is 2.36. The van der Waals surface area contributed by atoms with E-state index in [1.165, 1.54) is 18.4 Å². The van der Waals surface area contributed by atoms with Crippen molar-refractivity contribution >= 4 is 33.2 Å². The summed E-state index contributed by atoms with van der Waals surface area (Å²) < 4.78 is 24.8. The Bertz CT molecular complexity index is 915. The van der Waals surface area contributed by atoms with Crippen molar-refractivity contribution in [2.45, 2.75) is 17.7 Å². The molecule has 138 valence electrons. The summed E-state index contributed by atoms with van der Waals surface area (Å²) in [6.45, 7) is 0.340. The predicted molar refractivity (Wildman–Crippen MR) is 101 cm³/mol. The molecule has 2 aromatic rings. The highest BCUT2D eigenvalue weighted by atomic mass is 35.5. The van der Waals surface area contributed by atoms with E-state index in [4.69, 9.17) is 11.6 Å². The summed E-state index contributed by atoms with van der Waals surface area (Å²) in [5.74, 6) is 0.00586. The van der Waals surface area contributed by atoms with Gasteiger partial charge in [0.05, 0.1) is 11.3 Å². The van der Waals surface area contributed by atoms with E-state index in [1.54, 1.807) is 41.3 Å². The number of halogens is 1. The van der Waals surface area contributed by atoms with Crippen molar-refractivity contribution in [2.24, 2.45) is 0 Å². The summed E-state index contributed by atoms with van der Waals surface area (Å²) in [5.41, 5.74) is 1.15. The molecular formula is C18H19ClN2O4S. The molecule has 1 fully saturated rings. The average Bonchev–Trinajstić information content (AvgIpc) is 2.93. The van der Waals surface area contributed by atoms with Crippen LogP contribution in [0, 0.1) is 0 Å². The van der Waals surface area contributed by atoms with Gasteiger partial charge in [0, 0.05) is 23.5 Å². The van der Waals surface area contributed by atoms with Crippen LogP contribution in [0.4, 0.5) is 10.5 Å². The number of nitrogens with zero attached hydrogens (tertiary/aromatic N) is 1. The summed E-state index contributed by atoms with van der Waals surface area (Å²) in [7, 11) is -3.45. The van der Waals surface area contributed by atoms with Gasteiger partial charge >= 0.3 is 6.03 Å². The molecule has 6 nitrogen and oxygen atoms in total. The van der Waals surface area contributed by atoms with Crippen molar-refractivity contribution < 1.29 is 18.3 Å². The number of hydrogen-bond acceptors (Lipinski definition) is 4. The molecule has 2 aromatic carbocycles. The maximum absolute atomic E-state index is 12.4. The lowest BCUT2D eigenvalue weighted by Gasteiger charge is -2.26. The summed E-state index contributed by atoms with van der Waals surface area (Å²) >= 11 is 5.91. The van der Waals surface area contributed by atoms with E-state index in [9.17, 15) is 18.3 Å². The minimum atomic E-state index is -3.45. The zero-order valence-corrected chi connectivity index (χ0v) is 15.7. The van der Waals surface area contributed by atoms with Gasteiger partial charge in [0.2, 0.25) is 0 Å². The fourth-order valence-corrected chi connectivity index (χ4v) is 4.53. The lowest BCUT2D eigenvalue weighted by atomic mass is 10.0. The molecule has 0 radical (unpaired) electrons. The molecular weight excluding hydrogens is 376 g/mol. The number of hydrogen-bond donors (Lipinski definition) is 2. The van der Waals surface area contributed by atoms with Crippen molar-refractivity contribution in [1.29, 1.82) is 0 Å². The molecule has 1 aliphatic heterocycles. The maximum Gasteiger partial charge on any atom is 0.322 e. The fourth-order valence-electron chi connectivity index (χ4n) is 3.20. The van der Waals surface area contributed by atoms with E-state index in [0.29, 0.717) is 22.8 Å². The lowest BCUT2D eigenvalue weighted by molar-refractivity contribution is 0.251. The third kappa shape index (κ3) is 3.94. The number of aromatic hydroxyl groups is 1. The molecule has 0 spiro atoms. The van der Waals surface area contributed by atoms with Crippen molar-refractivity contribution in [1.82, 2.24) is 5.32 Å². The molecule has 0 saturated carbocycles. The minimum Gasteiger partial charge on any atom is -0.508 e. The van der Waals surface area contributed by atoms with Gasteiger partial charge in [-0.1, -0.05) is 23.7 Å². The first-order chi connectivity index (χ1) is 12.3. The molecule has 1 saturated heterocycles. The zero-order valence-electron chi connectivity index (χ0n) is 14.1. The molecule has 1 aliphatic rings. The van der Waals surface area contributed by atoms with Gasteiger partial charge in [-0.25, -0.2) is 13.2 Å². The van der Waals surface area contributed by atoms with Gasteiger partial charge in [0.25, 0.3) is 0 Å². The van der Waals surface area contributed by atoms with Crippen LogP contribution in [-0.4, -0.2) is 38.4 Å². The number of nitrogens with one attached hydrogen (secondary N) is 1. The summed E-state index contributed by atoms with van der Waals surface area (Å²) in [6, 6.07) is 12.4. The van der Waals surface area contributed by atoms with Crippen molar-refractivity contribution in [2.75, 3.05) is 17.7 Å². The Balaban J connectivity index is 1.92. The van der Waals surface area contributed by atoms with E-state index >= 15 is 0 Å². The van der Waals surface area contributed by atoms with E-state index in [1.807, 2.05) is 0 Å². The van der Waals surface area contributed by atoms with Crippen LogP contribution < -0.4 is 10.2 Å². The average molecular weight is 395 g/mol. The molecule has 3 rings (SSSR count). The third-order valence-corrected chi connectivity index (χ3v) is 6.17. The number of phenols is 1. The SMILES string of the molecule is CS(=O)(=O)C(CC1CNC(=O)N1c1ccc(Cl)cc1)c1cccc(O)c1. The largest absolute Gasteiger partial charge is 0.508 e. The Morgan fingerprint density at radius 3 is 2.58 bits per heavy atom. The first-order valence-corrected chi connectivity index (χ1v) is 10.4. The second kappa shape index (κ2) is 7.17. The monoisotopic (exact) mass is 394 g/mol. The Labute approximate surface area is 157 Å². The number of phenolic OH excluding ortho intramolecular Hbond substituents is 1. The summed E-state index contributed by atoms with van der Waals surface area (Å²) in [4.78, 5) is 13.8. The van der Waals surface area contributed by atoms with Crippen LogP contribution in [0.2, 0.25) is 5.02 Å². The van der Waals surface area contributed by atoms with Crippen molar-refractivity contribution in [3.8, 4) is 5.75 Å². The molecule has 0 aromatic heterocycles. The van der Waals surface area contributed by atoms with Gasteiger partial charge in [-0.2, -0.15) is 0 Å². The van der Waals surface area contributed by atoms with Crippen LogP contribution in [-0.2, 0) is 9.84 Å². The Morgan fingerprint density at radius 1 is 1.27 bits per heavy atom. The fraction of sp³-hybridized carbons (Fsp3) is 0.278. The molecule has 1 heterocycles. The third-order valence-electron chi connectivity index (χ3n) is 4.42. The summed E-state index contributed by atoms with van der Waals surface area (Å²) in [6.07, 6.45) is 1.38. The number of amides is 2. The Morgan fingerprint density at radius 2 is 1.96 bits per heavy atom. The van der Waals surface area contributed by atoms with E-state index in [2.05, 4.69) is 5.32 Å². The smallest absolute Gasteiger partial charge is 0.322 e. The number of carbonyl (C=O) groups is 1. The molecule has 2 N–H and O–H groups in total. The van der Waals surface area contributed by atoms with Gasteiger partial charge in [-0.05, 0) is 48.4 Å². The van der Waals surface area contributed by atoms with Crippen LogP contribution in [0.5, 0.6) is 5.75 Å². The standard InChI is InChI=1S/C18H19ClN2O4S/c1-26(24,25)17(12-3-2-4-16(22)9-12)10-15-11-20-18(23)21(15)14-7-5-13(19)6-8-14/h2-9,15,17,22H,10-11H2,1H3,(H,20,23). The molecule has 2 amide bonds. The molecule has 8 heteroatoms. The van der Waals surface area contributed by atoms with E-state index in [0.717, 1.165) is 0 Å². The number of carbonyl (C=O) groups excluding carboxylic acids is 1. The van der Waals surface area contributed by atoms with E-state index in [-0.39, 0.29) is 24.2 Å². The topological polar surface area (TPSA) is 86.7 Å². The normalized spacial score (nSPS) is 18.6. The Kier molecular flexibility index (Phi) is 5.11.